The number of rotatable bonds is 12. The quantitative estimate of drug-likeness (QED) is 0.0377. The van der Waals surface area contributed by atoms with Gasteiger partial charge in [-0.1, -0.05) is 54.6 Å². The molecule has 0 saturated carbocycles. The van der Waals surface area contributed by atoms with Gasteiger partial charge < -0.3 is 61.4 Å². The predicted octanol–water partition coefficient (Wildman–Crippen LogP) is 1.71. The number of phenols is 1. The van der Waals surface area contributed by atoms with Crippen molar-refractivity contribution in [1.82, 2.24) is 0 Å². The molecule has 0 amide bonds. The molecule has 57 heavy (non-hydrogen) atoms. The number of ketones is 2. The van der Waals surface area contributed by atoms with Crippen molar-refractivity contribution in [2.75, 3.05) is 6.61 Å². The zero-order valence-electron chi connectivity index (χ0n) is 31.1. The van der Waals surface area contributed by atoms with Crippen molar-refractivity contribution in [1.29, 1.82) is 0 Å². The fourth-order valence-corrected chi connectivity index (χ4v) is 7.11. The van der Waals surface area contributed by atoms with Gasteiger partial charge in [0.1, 0.15) is 23.4 Å². The van der Waals surface area contributed by atoms with E-state index >= 15 is 0 Å². The maximum Gasteiger partial charge on any atom is 0.308 e. The molecule has 4 aromatic rings. The molecule has 6 rings (SSSR count). The first-order valence-corrected chi connectivity index (χ1v) is 18.2. The molecule has 0 unspecified atom stereocenters. The van der Waals surface area contributed by atoms with E-state index in [1.54, 1.807) is 36.4 Å². The smallest absolute Gasteiger partial charge is 0.308 e. The lowest BCUT2D eigenvalue weighted by Gasteiger charge is -2.44. The number of aryl methyl sites for hydroxylation is 1. The number of fused-ring (bicyclic) bond motifs is 2. The van der Waals surface area contributed by atoms with Crippen molar-refractivity contribution in [3.8, 4) is 17.2 Å². The maximum absolute atomic E-state index is 14.8. The van der Waals surface area contributed by atoms with E-state index < -0.39 is 72.0 Å². The third-order valence-electron chi connectivity index (χ3n) is 10.0. The third kappa shape index (κ3) is 8.11. The van der Waals surface area contributed by atoms with Crippen LogP contribution < -0.4 is 20.9 Å². The highest BCUT2D eigenvalue weighted by Crippen LogP contribution is 2.45. The van der Waals surface area contributed by atoms with E-state index in [0.29, 0.717) is 29.5 Å². The van der Waals surface area contributed by atoms with Gasteiger partial charge in [0.2, 0.25) is 12.1 Å². The molecular formula is C42H44N2O13. The van der Waals surface area contributed by atoms with E-state index in [1.807, 2.05) is 18.2 Å². The molecule has 1 aliphatic heterocycles. The van der Waals surface area contributed by atoms with Gasteiger partial charge >= 0.3 is 5.97 Å². The highest BCUT2D eigenvalue weighted by molar-refractivity contribution is 6.31. The Kier molecular flexibility index (Phi) is 12.1. The minimum Gasteiger partial charge on any atom is -0.507 e. The van der Waals surface area contributed by atoms with Gasteiger partial charge in [0.05, 0.1) is 24.4 Å². The molecule has 0 radical (unpaired) electrons. The summed E-state index contributed by atoms with van der Waals surface area (Å²) in [6.07, 6.45) is -4.11. The van der Waals surface area contributed by atoms with Gasteiger partial charge in [0, 0.05) is 47.8 Å². The van der Waals surface area contributed by atoms with Crippen LogP contribution in [0.5, 0.6) is 17.2 Å². The van der Waals surface area contributed by atoms with Crippen LogP contribution in [0.2, 0.25) is 0 Å². The number of benzene rings is 4. The van der Waals surface area contributed by atoms with Gasteiger partial charge in [-0.25, -0.2) is 0 Å². The third-order valence-corrected chi connectivity index (χ3v) is 10.0. The van der Waals surface area contributed by atoms with Crippen LogP contribution in [0.1, 0.15) is 97.2 Å². The van der Waals surface area contributed by atoms with Gasteiger partial charge in [-0.3, -0.25) is 14.4 Å². The van der Waals surface area contributed by atoms with Gasteiger partial charge in [-0.05, 0) is 65.8 Å². The molecule has 300 valence electrons. The lowest BCUT2D eigenvalue weighted by molar-refractivity contribution is -0.371. The minimum absolute atomic E-state index is 0.00685. The van der Waals surface area contributed by atoms with Crippen molar-refractivity contribution >= 4 is 29.7 Å². The Morgan fingerprint density at radius 3 is 2.32 bits per heavy atom. The molecule has 15 nitrogen and oxygen atoms in total. The number of carbonyl (C=O) groups excluding carboxylic acids is 3. The molecule has 4 atom stereocenters. The lowest BCUT2D eigenvalue weighted by Crippen LogP contribution is -2.67. The molecule has 0 aromatic heterocycles. The number of carbonyl (C=O) groups is 3. The average Bonchev–Trinajstić information content (AvgIpc) is 3.17. The summed E-state index contributed by atoms with van der Waals surface area (Å²) in [5.74, 6) is -6.67. The summed E-state index contributed by atoms with van der Waals surface area (Å²) in [5, 5.41) is 74.1. The zero-order valence-corrected chi connectivity index (χ0v) is 31.1. The predicted molar refractivity (Wildman–Crippen MR) is 204 cm³/mol. The van der Waals surface area contributed by atoms with E-state index in [2.05, 4.69) is 0 Å². The summed E-state index contributed by atoms with van der Waals surface area (Å²) in [6.45, 7) is 1.70. The van der Waals surface area contributed by atoms with Crippen LogP contribution in [0, 0.1) is 0 Å². The number of nitrogens with two attached hydrogens (primary N) is 2. The van der Waals surface area contributed by atoms with Crippen molar-refractivity contribution in [3.05, 3.63) is 122 Å². The van der Waals surface area contributed by atoms with E-state index in [0.717, 1.165) is 18.6 Å². The first kappa shape index (κ1) is 41.3. The highest BCUT2D eigenvalue weighted by atomic mass is 16.7. The van der Waals surface area contributed by atoms with E-state index in [1.165, 1.54) is 19.1 Å². The standard InChI is InChI=1S/C42H44N2O13/c1-20-38(51)42(53,54)39(52)41(55-20)57-31-18-29-34(35(48)28(31)16-24-8-4-10-25(15-24)40(43)44)37(50)32-26(19-46)17-30(56-21(2)47)27(33(32)36(29)49)12-11-23-7-3-6-22(14-23)9-5-13-45/h3-4,6-8,10-12,14-15,17-18,20,38-41,45-46,48,51-54H,5,9,13,16,19,43-44H2,1-2H3/b12-11+/t20-,38+,39-,41+/m0/s1. The van der Waals surface area contributed by atoms with Crippen LogP contribution in [0.25, 0.3) is 12.2 Å². The Morgan fingerprint density at radius 1 is 0.912 bits per heavy atom. The monoisotopic (exact) mass is 784 g/mol. The van der Waals surface area contributed by atoms with Crippen LogP contribution in [-0.2, 0) is 29.0 Å². The molecule has 0 spiro atoms. The number of hydrogen-bond donors (Lipinski definition) is 9. The molecule has 11 N–H and O–H groups in total. The fourth-order valence-electron chi connectivity index (χ4n) is 7.11. The molecular weight excluding hydrogens is 740 g/mol. The van der Waals surface area contributed by atoms with Crippen LogP contribution >= 0.6 is 0 Å². The summed E-state index contributed by atoms with van der Waals surface area (Å²) >= 11 is 0. The van der Waals surface area contributed by atoms with Gasteiger partial charge in [0.15, 0.2) is 17.7 Å². The number of aliphatic hydroxyl groups excluding tert-OH is 4. The molecule has 1 aliphatic carbocycles. The van der Waals surface area contributed by atoms with Crippen molar-refractivity contribution in [2.45, 2.75) is 76.3 Å². The fraction of sp³-hybridized carbons (Fsp3) is 0.310. The van der Waals surface area contributed by atoms with Gasteiger partial charge in [0.25, 0.3) is 0 Å². The number of esters is 1. The van der Waals surface area contributed by atoms with Crippen molar-refractivity contribution in [2.24, 2.45) is 11.5 Å². The summed E-state index contributed by atoms with van der Waals surface area (Å²) < 4.78 is 17.1. The molecule has 1 heterocycles. The molecule has 15 heteroatoms. The Bertz CT molecular complexity index is 2250. The zero-order chi connectivity index (χ0) is 41.3. The molecule has 1 fully saturated rings. The van der Waals surface area contributed by atoms with Crippen molar-refractivity contribution in [3.63, 3.8) is 0 Å². The maximum atomic E-state index is 14.8. The first-order chi connectivity index (χ1) is 27.1. The number of aromatic hydroxyl groups is 1. The largest absolute Gasteiger partial charge is 0.507 e. The van der Waals surface area contributed by atoms with Gasteiger partial charge in [-0.15, -0.1) is 0 Å². The number of hydrogen-bond acceptors (Lipinski definition) is 15. The van der Waals surface area contributed by atoms with Crippen LogP contribution in [0.4, 0.5) is 0 Å². The Morgan fingerprint density at radius 2 is 1.63 bits per heavy atom. The van der Waals surface area contributed by atoms with Gasteiger partial charge in [-0.2, -0.15) is 0 Å². The number of aliphatic hydroxyl groups is 6. The van der Waals surface area contributed by atoms with E-state index in [-0.39, 0.29) is 57.9 Å². The Hall–Kier alpha value is -5.33. The minimum atomic E-state index is -3.09. The second kappa shape index (κ2) is 16.6. The Balaban J connectivity index is 1.55. The van der Waals surface area contributed by atoms with E-state index in [9.17, 15) is 50.1 Å². The summed E-state index contributed by atoms with van der Waals surface area (Å²) in [6, 6.07) is 16.4. The number of phenolic OH excluding ortho intramolecular Hbond substituents is 1. The molecule has 0 bridgehead atoms. The summed E-state index contributed by atoms with van der Waals surface area (Å²) in [4.78, 5) is 41.7. The summed E-state index contributed by atoms with van der Waals surface area (Å²) in [7, 11) is 0. The summed E-state index contributed by atoms with van der Waals surface area (Å²) in [5.41, 5.74) is 13.0. The second-order valence-electron chi connectivity index (χ2n) is 14.1. The van der Waals surface area contributed by atoms with E-state index in [4.69, 9.17) is 25.7 Å². The Labute approximate surface area is 327 Å². The molecule has 4 aromatic carbocycles. The second-order valence-corrected chi connectivity index (χ2v) is 14.1. The number of ether oxygens (including phenoxy) is 3. The lowest BCUT2D eigenvalue weighted by atomic mass is 9.77. The topological polar surface area (TPSA) is 273 Å². The van der Waals surface area contributed by atoms with Crippen LogP contribution in [0.15, 0.2) is 60.7 Å². The molecule has 1 saturated heterocycles. The molecule has 2 aliphatic rings. The average molecular weight is 785 g/mol. The van der Waals surface area contributed by atoms with Crippen LogP contribution in [-0.4, -0.2) is 90.3 Å². The van der Waals surface area contributed by atoms with Crippen LogP contribution in [0.3, 0.4) is 0 Å². The SMILES string of the molecule is CC(=O)Oc1cc(CO)c2c(c1/C=C/c1cccc(CCCO)c1)C(=O)c1cc(O[C@H]3O[C@@H](C)[C@@H](O)C(O)(O)[C@H]3O)c(Cc3cccc(C(N)N)c3)c(O)c1C2=O. The normalized spacial score (nSPS) is 20.1. The highest BCUT2D eigenvalue weighted by Gasteiger charge is 2.54. The first-order valence-electron chi connectivity index (χ1n) is 18.2. The van der Waals surface area contributed by atoms with Crippen molar-refractivity contribution < 1.29 is 64.3 Å².